The van der Waals surface area contributed by atoms with Crippen LogP contribution in [-0.2, 0) is 0 Å². The molecule has 0 aliphatic heterocycles. The fourth-order valence-electron chi connectivity index (χ4n) is 2.29. The van der Waals surface area contributed by atoms with Crippen LogP contribution in [-0.4, -0.2) is 6.04 Å². The molecule has 1 saturated carbocycles. The summed E-state index contributed by atoms with van der Waals surface area (Å²) < 4.78 is 26.7. The van der Waals surface area contributed by atoms with Crippen molar-refractivity contribution in [1.29, 1.82) is 0 Å². The van der Waals surface area contributed by atoms with Gasteiger partial charge in [0.25, 0.3) is 0 Å². The topological polar surface area (TPSA) is 12.0 Å². The lowest BCUT2D eigenvalue weighted by Crippen LogP contribution is -2.30. The summed E-state index contributed by atoms with van der Waals surface area (Å²) in [5, 5.41) is 3.33. The average molecular weight is 239 g/mol. The van der Waals surface area contributed by atoms with Crippen molar-refractivity contribution in [2.45, 2.75) is 45.2 Å². The minimum Gasteiger partial charge on any atom is -0.308 e. The number of rotatable bonds is 5. The van der Waals surface area contributed by atoms with Crippen molar-refractivity contribution >= 4 is 0 Å². The Morgan fingerprint density at radius 2 is 2.00 bits per heavy atom. The number of hydrogen-bond acceptors (Lipinski definition) is 1. The average Bonchev–Trinajstić information content (AvgIpc) is 3.05. The molecule has 2 atom stereocenters. The lowest BCUT2D eigenvalue weighted by molar-refractivity contribution is 0.418. The van der Waals surface area contributed by atoms with E-state index in [9.17, 15) is 8.78 Å². The van der Waals surface area contributed by atoms with Crippen molar-refractivity contribution < 1.29 is 8.78 Å². The van der Waals surface area contributed by atoms with Gasteiger partial charge in [-0.1, -0.05) is 25.0 Å². The second-order valence-corrected chi connectivity index (χ2v) is 5.11. The third-order valence-electron chi connectivity index (χ3n) is 3.37. The van der Waals surface area contributed by atoms with Gasteiger partial charge in [-0.2, -0.15) is 0 Å². The molecule has 2 unspecified atom stereocenters. The molecule has 1 aliphatic carbocycles. The molecule has 1 aromatic carbocycles. The zero-order chi connectivity index (χ0) is 12.4. The first kappa shape index (κ1) is 12.5. The summed E-state index contributed by atoms with van der Waals surface area (Å²) in [7, 11) is 0. The molecule has 17 heavy (non-hydrogen) atoms. The highest BCUT2D eigenvalue weighted by Crippen LogP contribution is 2.34. The maximum Gasteiger partial charge on any atom is 0.163 e. The number of benzene rings is 1. The van der Waals surface area contributed by atoms with Crippen LogP contribution in [0, 0.1) is 17.6 Å². The van der Waals surface area contributed by atoms with Gasteiger partial charge in [0.1, 0.15) is 0 Å². The van der Waals surface area contributed by atoms with Gasteiger partial charge in [0, 0.05) is 17.6 Å². The summed E-state index contributed by atoms with van der Waals surface area (Å²) in [5.41, 5.74) is 0.410. The summed E-state index contributed by atoms with van der Waals surface area (Å²) in [5.74, 6) is -0.667. The Morgan fingerprint density at radius 3 is 2.65 bits per heavy atom. The van der Waals surface area contributed by atoms with Gasteiger partial charge >= 0.3 is 0 Å². The second kappa shape index (κ2) is 5.13. The Bertz CT molecular complexity index is 388. The molecule has 1 aliphatic rings. The summed E-state index contributed by atoms with van der Waals surface area (Å²) in [4.78, 5) is 0. The molecule has 1 N–H and O–H groups in total. The van der Waals surface area contributed by atoms with Crippen molar-refractivity contribution in [2.75, 3.05) is 0 Å². The van der Waals surface area contributed by atoms with Crippen LogP contribution >= 0.6 is 0 Å². The van der Waals surface area contributed by atoms with Crippen LogP contribution in [0.5, 0.6) is 0 Å². The van der Waals surface area contributed by atoms with Crippen LogP contribution in [0.4, 0.5) is 8.78 Å². The summed E-state index contributed by atoms with van der Waals surface area (Å²) >= 11 is 0. The molecule has 0 radical (unpaired) electrons. The Balaban J connectivity index is 1.97. The minimum atomic E-state index is -0.772. The van der Waals surface area contributed by atoms with Gasteiger partial charge in [0.15, 0.2) is 11.6 Å². The maximum atomic E-state index is 13.6. The van der Waals surface area contributed by atoms with Gasteiger partial charge in [-0.25, -0.2) is 8.78 Å². The first-order valence-electron chi connectivity index (χ1n) is 6.28. The minimum absolute atomic E-state index is 0.153. The molecule has 1 fully saturated rings. The van der Waals surface area contributed by atoms with E-state index < -0.39 is 11.6 Å². The van der Waals surface area contributed by atoms with Gasteiger partial charge in [0.05, 0.1) is 0 Å². The van der Waals surface area contributed by atoms with Crippen molar-refractivity contribution in [2.24, 2.45) is 5.92 Å². The second-order valence-electron chi connectivity index (χ2n) is 5.11. The molecular formula is C14H19F2N. The van der Waals surface area contributed by atoms with E-state index in [1.165, 1.54) is 12.8 Å². The molecule has 1 aromatic rings. The normalized spacial score (nSPS) is 19.1. The summed E-state index contributed by atoms with van der Waals surface area (Å²) in [6.07, 6.45) is 3.75. The Morgan fingerprint density at radius 1 is 1.29 bits per heavy atom. The highest BCUT2D eigenvalue weighted by molar-refractivity contribution is 5.22. The lowest BCUT2D eigenvalue weighted by Gasteiger charge is -2.20. The van der Waals surface area contributed by atoms with E-state index in [0.29, 0.717) is 11.6 Å². The summed E-state index contributed by atoms with van der Waals surface area (Å²) in [6, 6.07) is 4.54. The molecule has 2 rings (SSSR count). The molecule has 0 heterocycles. The van der Waals surface area contributed by atoms with Crippen LogP contribution in [0.1, 0.15) is 44.7 Å². The fraction of sp³-hybridized carbons (Fsp3) is 0.571. The number of halogens is 2. The third-order valence-corrected chi connectivity index (χ3v) is 3.37. The van der Waals surface area contributed by atoms with E-state index >= 15 is 0 Å². The molecule has 0 bridgehead atoms. The monoisotopic (exact) mass is 239 g/mol. The quantitative estimate of drug-likeness (QED) is 0.824. The highest BCUT2D eigenvalue weighted by atomic mass is 19.2. The zero-order valence-corrected chi connectivity index (χ0v) is 10.3. The van der Waals surface area contributed by atoms with E-state index in [-0.39, 0.29) is 6.04 Å². The molecule has 94 valence electrons. The predicted molar refractivity (Wildman–Crippen MR) is 64.7 cm³/mol. The highest BCUT2D eigenvalue weighted by Gasteiger charge is 2.24. The number of nitrogens with one attached hydrogen (secondary N) is 1. The Labute approximate surface area is 101 Å². The van der Waals surface area contributed by atoms with Crippen LogP contribution in [0.3, 0.4) is 0 Å². The lowest BCUT2D eigenvalue weighted by atomic mass is 10.1. The van der Waals surface area contributed by atoms with E-state index in [1.807, 2.05) is 6.92 Å². The van der Waals surface area contributed by atoms with Crippen LogP contribution < -0.4 is 5.32 Å². The van der Waals surface area contributed by atoms with Gasteiger partial charge in [0.2, 0.25) is 0 Å². The van der Waals surface area contributed by atoms with Gasteiger partial charge in [-0.3, -0.25) is 0 Å². The predicted octanol–water partition coefficient (Wildman–Crippen LogP) is 3.80. The zero-order valence-electron chi connectivity index (χ0n) is 10.3. The molecule has 3 heteroatoms. The smallest absolute Gasteiger partial charge is 0.163 e. The van der Waals surface area contributed by atoms with Crippen LogP contribution in [0.15, 0.2) is 18.2 Å². The first-order valence-corrected chi connectivity index (χ1v) is 6.28. The van der Waals surface area contributed by atoms with E-state index in [1.54, 1.807) is 12.1 Å². The fourth-order valence-corrected chi connectivity index (χ4v) is 2.29. The Kier molecular flexibility index (Phi) is 3.77. The van der Waals surface area contributed by atoms with Gasteiger partial charge in [-0.05, 0) is 32.3 Å². The van der Waals surface area contributed by atoms with Crippen LogP contribution in [0.2, 0.25) is 0 Å². The largest absolute Gasteiger partial charge is 0.308 e. The number of hydrogen-bond donors (Lipinski definition) is 1. The van der Waals surface area contributed by atoms with Gasteiger partial charge < -0.3 is 5.32 Å². The van der Waals surface area contributed by atoms with Crippen molar-refractivity contribution in [3.05, 3.63) is 35.4 Å². The van der Waals surface area contributed by atoms with Crippen molar-refractivity contribution in [3.63, 3.8) is 0 Å². The third kappa shape index (κ3) is 3.25. The Hall–Kier alpha value is -0.960. The van der Waals surface area contributed by atoms with Crippen LogP contribution in [0.25, 0.3) is 0 Å². The molecule has 1 nitrogen and oxygen atoms in total. The van der Waals surface area contributed by atoms with E-state index in [2.05, 4.69) is 12.2 Å². The standard InChI is InChI=1S/C14H19F2N/c1-9(8-11-6-7-11)17-10(2)12-4-3-5-13(15)14(12)16/h3-5,9-11,17H,6-8H2,1-2H3. The van der Waals surface area contributed by atoms with Gasteiger partial charge in [-0.15, -0.1) is 0 Å². The maximum absolute atomic E-state index is 13.6. The SMILES string of the molecule is CC(CC1CC1)NC(C)c1cccc(F)c1F. The van der Waals surface area contributed by atoms with Crippen molar-refractivity contribution in [1.82, 2.24) is 5.32 Å². The van der Waals surface area contributed by atoms with E-state index in [4.69, 9.17) is 0 Å². The van der Waals surface area contributed by atoms with E-state index in [0.717, 1.165) is 18.4 Å². The van der Waals surface area contributed by atoms with Crippen molar-refractivity contribution in [3.8, 4) is 0 Å². The molecule has 0 spiro atoms. The molecule has 0 aromatic heterocycles. The summed E-state index contributed by atoms with van der Waals surface area (Å²) in [6.45, 7) is 3.98. The molecular weight excluding hydrogens is 220 g/mol. The molecule has 0 amide bonds. The molecule has 0 saturated heterocycles. The first-order chi connectivity index (χ1) is 8.08.